The van der Waals surface area contributed by atoms with Crippen LogP contribution in [0.1, 0.15) is 27.5 Å². The Hall–Kier alpha value is -3.00. The van der Waals surface area contributed by atoms with Crippen molar-refractivity contribution in [2.75, 3.05) is 12.4 Å². The summed E-state index contributed by atoms with van der Waals surface area (Å²) in [5, 5.41) is 17.8. The van der Waals surface area contributed by atoms with E-state index in [-0.39, 0.29) is 12.1 Å². The number of amides is 3. The highest BCUT2D eigenvalue weighted by molar-refractivity contribution is 6.05. The molecular weight excluding hydrogens is 344 g/mol. The van der Waals surface area contributed by atoms with Gasteiger partial charge in [-0.15, -0.1) is 0 Å². The number of aliphatic hydroxyl groups is 1. The van der Waals surface area contributed by atoms with Crippen LogP contribution in [0.5, 0.6) is 0 Å². The van der Waals surface area contributed by atoms with Gasteiger partial charge in [0.1, 0.15) is 0 Å². The summed E-state index contributed by atoms with van der Waals surface area (Å²) in [5.74, 6) is -2.58. The summed E-state index contributed by atoms with van der Waals surface area (Å²) >= 11 is 0. The number of hydrogen-bond donors (Lipinski definition) is 4. The van der Waals surface area contributed by atoms with E-state index in [0.717, 1.165) is 12.1 Å². The predicted octanol–water partition coefficient (Wildman–Crippen LogP) is 2.10. The lowest BCUT2D eigenvalue weighted by Gasteiger charge is -2.17. The predicted molar refractivity (Wildman–Crippen MR) is 90.8 cm³/mol. The average molecular weight is 361 g/mol. The smallest absolute Gasteiger partial charge is 0.315 e. The fourth-order valence-corrected chi connectivity index (χ4v) is 3.03. The molecular formula is C18H17F2N3O3. The van der Waals surface area contributed by atoms with Crippen molar-refractivity contribution in [2.45, 2.75) is 18.6 Å². The molecule has 1 aliphatic rings. The standard InChI is InChI=1S/C18H17F2N3O3/c1-21-18(26)23-16-10-3-2-4-11(12(10)8-15(16)24)17(25)22-9-5-6-13(19)14(20)7-9/h2-7,15-16,24H,8H2,1H3,(H,22,25)(H2,21,23,26). The van der Waals surface area contributed by atoms with Crippen LogP contribution >= 0.6 is 0 Å². The molecule has 2 aromatic carbocycles. The number of fused-ring (bicyclic) bond motifs is 1. The van der Waals surface area contributed by atoms with Crippen molar-refractivity contribution in [3.05, 3.63) is 64.7 Å². The molecule has 26 heavy (non-hydrogen) atoms. The Bertz CT molecular complexity index is 873. The number of anilines is 1. The molecule has 0 radical (unpaired) electrons. The number of carbonyl (C=O) groups excluding carboxylic acids is 2. The van der Waals surface area contributed by atoms with Crippen LogP contribution in [0, 0.1) is 11.6 Å². The highest BCUT2D eigenvalue weighted by Crippen LogP contribution is 2.34. The molecule has 0 bridgehead atoms. The van der Waals surface area contributed by atoms with Crippen LogP contribution < -0.4 is 16.0 Å². The third-order valence-electron chi connectivity index (χ3n) is 4.28. The molecule has 0 saturated heterocycles. The van der Waals surface area contributed by atoms with Crippen LogP contribution in [0.2, 0.25) is 0 Å². The minimum atomic E-state index is -1.06. The molecule has 6 nitrogen and oxygen atoms in total. The number of nitrogens with one attached hydrogen (secondary N) is 3. The SMILES string of the molecule is CNC(=O)NC1c2cccc(C(=O)Nc3ccc(F)c(F)c3)c2CC1O. The number of hydrogen-bond acceptors (Lipinski definition) is 3. The Balaban J connectivity index is 1.87. The molecule has 1 aliphatic carbocycles. The zero-order chi connectivity index (χ0) is 18.8. The summed E-state index contributed by atoms with van der Waals surface area (Å²) in [4.78, 5) is 24.1. The largest absolute Gasteiger partial charge is 0.390 e. The van der Waals surface area contributed by atoms with E-state index in [9.17, 15) is 23.5 Å². The number of halogens is 2. The molecule has 4 N–H and O–H groups in total. The maximum absolute atomic E-state index is 13.3. The summed E-state index contributed by atoms with van der Waals surface area (Å²) < 4.78 is 26.3. The number of carbonyl (C=O) groups is 2. The van der Waals surface area contributed by atoms with Gasteiger partial charge in [-0.05, 0) is 29.3 Å². The van der Waals surface area contributed by atoms with E-state index in [1.807, 2.05) is 0 Å². The fraction of sp³-hybridized carbons (Fsp3) is 0.222. The minimum absolute atomic E-state index is 0.116. The van der Waals surface area contributed by atoms with Gasteiger partial charge in [0.25, 0.3) is 5.91 Å². The van der Waals surface area contributed by atoms with Gasteiger partial charge >= 0.3 is 6.03 Å². The summed E-state index contributed by atoms with van der Waals surface area (Å²) in [6.07, 6.45) is -0.690. The fourth-order valence-electron chi connectivity index (χ4n) is 3.03. The van der Waals surface area contributed by atoms with E-state index in [0.29, 0.717) is 16.7 Å². The van der Waals surface area contributed by atoms with E-state index in [1.54, 1.807) is 18.2 Å². The number of aliphatic hydroxyl groups excluding tert-OH is 1. The first kappa shape index (κ1) is 17.8. The lowest BCUT2D eigenvalue weighted by Crippen LogP contribution is -2.39. The van der Waals surface area contributed by atoms with Gasteiger partial charge in [-0.25, -0.2) is 13.6 Å². The molecule has 136 valence electrons. The molecule has 3 rings (SSSR count). The van der Waals surface area contributed by atoms with E-state index < -0.39 is 35.7 Å². The monoisotopic (exact) mass is 361 g/mol. The molecule has 8 heteroatoms. The average Bonchev–Trinajstić information content (AvgIpc) is 2.93. The topological polar surface area (TPSA) is 90.5 Å². The maximum Gasteiger partial charge on any atom is 0.315 e. The third-order valence-corrected chi connectivity index (χ3v) is 4.28. The van der Waals surface area contributed by atoms with Gasteiger partial charge in [-0.2, -0.15) is 0 Å². The molecule has 2 unspecified atom stereocenters. The number of rotatable bonds is 3. The van der Waals surface area contributed by atoms with Gasteiger partial charge in [-0.1, -0.05) is 12.1 Å². The second kappa shape index (κ2) is 7.09. The van der Waals surface area contributed by atoms with E-state index in [2.05, 4.69) is 16.0 Å². The van der Waals surface area contributed by atoms with Crippen molar-refractivity contribution in [2.24, 2.45) is 0 Å². The molecule has 2 atom stereocenters. The molecule has 2 aromatic rings. The normalized spacial score (nSPS) is 18.2. The van der Waals surface area contributed by atoms with E-state index in [1.165, 1.54) is 13.1 Å². The lowest BCUT2D eigenvalue weighted by atomic mass is 10.0. The second-order valence-corrected chi connectivity index (χ2v) is 5.93. The van der Waals surface area contributed by atoms with Crippen LogP contribution in [0.4, 0.5) is 19.3 Å². The molecule has 3 amide bonds. The van der Waals surface area contributed by atoms with E-state index in [4.69, 9.17) is 0 Å². The summed E-state index contributed by atoms with van der Waals surface area (Å²) in [7, 11) is 1.46. The van der Waals surface area contributed by atoms with Crippen molar-refractivity contribution in [1.29, 1.82) is 0 Å². The first-order valence-electron chi connectivity index (χ1n) is 7.95. The van der Waals surface area contributed by atoms with Gasteiger partial charge < -0.3 is 21.1 Å². The Morgan fingerprint density at radius 1 is 1.15 bits per heavy atom. The van der Waals surface area contributed by atoms with Crippen LogP contribution in [0.25, 0.3) is 0 Å². The molecule has 0 aromatic heterocycles. The van der Waals surface area contributed by atoms with Crippen LogP contribution in [0.3, 0.4) is 0 Å². The quantitative estimate of drug-likeness (QED) is 0.675. The van der Waals surface area contributed by atoms with Crippen molar-refractivity contribution < 1.29 is 23.5 Å². The summed E-state index contributed by atoms with van der Waals surface area (Å²) in [5.41, 5.74) is 1.65. The Morgan fingerprint density at radius 3 is 2.62 bits per heavy atom. The first-order chi connectivity index (χ1) is 12.4. The minimum Gasteiger partial charge on any atom is -0.390 e. The molecule has 0 heterocycles. The molecule has 0 fully saturated rings. The Kier molecular flexibility index (Phi) is 4.85. The zero-order valence-electron chi connectivity index (χ0n) is 13.8. The lowest BCUT2D eigenvalue weighted by molar-refractivity contribution is 0.102. The second-order valence-electron chi connectivity index (χ2n) is 5.93. The van der Waals surface area contributed by atoms with Gasteiger partial charge in [0.2, 0.25) is 0 Å². The van der Waals surface area contributed by atoms with Crippen molar-refractivity contribution in [3.8, 4) is 0 Å². The van der Waals surface area contributed by atoms with Crippen LogP contribution in [0.15, 0.2) is 36.4 Å². The van der Waals surface area contributed by atoms with E-state index >= 15 is 0 Å². The van der Waals surface area contributed by atoms with Gasteiger partial charge in [0.15, 0.2) is 11.6 Å². The Morgan fingerprint density at radius 2 is 1.92 bits per heavy atom. The summed E-state index contributed by atoms with van der Waals surface area (Å²) in [6, 6.07) is 6.91. The zero-order valence-corrected chi connectivity index (χ0v) is 13.8. The van der Waals surface area contributed by atoms with Gasteiger partial charge in [0.05, 0.1) is 12.1 Å². The van der Waals surface area contributed by atoms with Crippen molar-refractivity contribution in [1.82, 2.24) is 10.6 Å². The van der Waals surface area contributed by atoms with Gasteiger partial charge in [0, 0.05) is 30.8 Å². The summed E-state index contributed by atoms with van der Waals surface area (Å²) in [6.45, 7) is 0. The highest BCUT2D eigenvalue weighted by Gasteiger charge is 2.34. The van der Waals surface area contributed by atoms with Gasteiger partial charge in [-0.3, -0.25) is 4.79 Å². The molecule has 0 saturated carbocycles. The van der Waals surface area contributed by atoms with Crippen molar-refractivity contribution >= 4 is 17.6 Å². The maximum atomic E-state index is 13.3. The van der Waals surface area contributed by atoms with Crippen LogP contribution in [-0.2, 0) is 6.42 Å². The van der Waals surface area contributed by atoms with Crippen molar-refractivity contribution in [3.63, 3.8) is 0 Å². The first-order valence-corrected chi connectivity index (χ1v) is 7.95. The highest BCUT2D eigenvalue weighted by atomic mass is 19.2. The number of benzene rings is 2. The number of urea groups is 1. The molecule has 0 spiro atoms. The van der Waals surface area contributed by atoms with Crippen LogP contribution in [-0.4, -0.2) is 30.2 Å². The third kappa shape index (κ3) is 3.36. The Labute approximate surface area is 148 Å². The molecule has 0 aliphatic heterocycles.